The molecule has 1 N–H and O–H groups in total. The van der Waals surface area contributed by atoms with Crippen molar-refractivity contribution >= 4 is 5.91 Å². The Hall–Kier alpha value is -1.47. The Bertz CT molecular complexity index is 479. The third kappa shape index (κ3) is 4.29. The lowest BCUT2D eigenvalue weighted by Crippen LogP contribution is -2.53. The summed E-state index contributed by atoms with van der Waals surface area (Å²) in [5.74, 6) is 0.106. The lowest BCUT2D eigenvalue weighted by atomic mass is 9.85. The van der Waals surface area contributed by atoms with Crippen molar-refractivity contribution in [3.8, 4) is 0 Å². The van der Waals surface area contributed by atoms with Gasteiger partial charge in [0.25, 0.3) is 5.91 Å². The zero-order valence-electron chi connectivity index (χ0n) is 13.7. The normalized spacial score (nSPS) is 22.2. The fourth-order valence-electron chi connectivity index (χ4n) is 3.62. The summed E-state index contributed by atoms with van der Waals surface area (Å²) in [6, 6.07) is 0. The monoisotopic (exact) mass is 321 g/mol. The van der Waals surface area contributed by atoms with E-state index in [0.717, 1.165) is 51.9 Å². The number of carbonyl (C=O) groups excluding carboxylic acids is 1. The molecule has 23 heavy (non-hydrogen) atoms. The van der Waals surface area contributed by atoms with Crippen LogP contribution in [0.15, 0.2) is 12.7 Å². The number of piperazine rings is 1. The molecule has 1 amide bonds. The Morgan fingerprint density at radius 2 is 1.87 bits per heavy atom. The summed E-state index contributed by atoms with van der Waals surface area (Å²) in [5, 5.41) is 14.5. The van der Waals surface area contributed by atoms with E-state index in [0.29, 0.717) is 13.1 Å². The van der Waals surface area contributed by atoms with Crippen LogP contribution in [0.2, 0.25) is 0 Å². The number of nitrogens with zero attached hydrogens (tertiary/aromatic N) is 5. The molecule has 1 aromatic heterocycles. The second-order valence-electron chi connectivity index (χ2n) is 6.67. The van der Waals surface area contributed by atoms with Crippen LogP contribution >= 0.6 is 0 Å². The van der Waals surface area contributed by atoms with E-state index < -0.39 is 6.10 Å². The van der Waals surface area contributed by atoms with E-state index in [1.165, 1.54) is 6.42 Å². The molecule has 0 radical (unpaired) electrons. The van der Waals surface area contributed by atoms with Gasteiger partial charge >= 0.3 is 0 Å². The highest BCUT2D eigenvalue weighted by Gasteiger charge is 2.32. The lowest BCUT2D eigenvalue weighted by molar-refractivity contribution is -0.145. The van der Waals surface area contributed by atoms with Gasteiger partial charge in [0.2, 0.25) is 0 Å². The van der Waals surface area contributed by atoms with Crippen LogP contribution < -0.4 is 0 Å². The smallest absolute Gasteiger partial charge is 0.251 e. The number of hydrogen-bond acceptors (Lipinski definition) is 5. The molecule has 2 heterocycles. The van der Waals surface area contributed by atoms with Crippen LogP contribution in [-0.4, -0.2) is 74.4 Å². The number of carbonyl (C=O) groups is 1. The quantitative estimate of drug-likeness (QED) is 0.848. The highest BCUT2D eigenvalue weighted by atomic mass is 16.3. The summed E-state index contributed by atoms with van der Waals surface area (Å²) in [4.78, 5) is 20.6. The molecule has 0 spiro atoms. The molecule has 7 nitrogen and oxygen atoms in total. The number of rotatable bonds is 5. The molecule has 128 valence electrons. The van der Waals surface area contributed by atoms with Crippen molar-refractivity contribution < 1.29 is 9.90 Å². The number of aliphatic hydroxyl groups excluding tert-OH is 1. The van der Waals surface area contributed by atoms with Crippen LogP contribution in [0, 0.1) is 5.92 Å². The van der Waals surface area contributed by atoms with Crippen molar-refractivity contribution in [2.24, 2.45) is 5.92 Å². The Labute approximate surface area is 137 Å². The minimum atomic E-state index is -0.794. The van der Waals surface area contributed by atoms with Gasteiger partial charge in [-0.15, -0.1) is 0 Å². The second-order valence-corrected chi connectivity index (χ2v) is 6.67. The van der Waals surface area contributed by atoms with E-state index in [1.807, 2.05) is 9.58 Å². The van der Waals surface area contributed by atoms with Crippen LogP contribution in [-0.2, 0) is 11.3 Å². The molecule has 7 heteroatoms. The van der Waals surface area contributed by atoms with Crippen molar-refractivity contribution in [3.05, 3.63) is 12.7 Å². The van der Waals surface area contributed by atoms with Crippen molar-refractivity contribution in [1.82, 2.24) is 24.6 Å². The van der Waals surface area contributed by atoms with Crippen molar-refractivity contribution in [2.75, 3.05) is 32.7 Å². The number of hydrogen-bond donors (Lipinski definition) is 1. The van der Waals surface area contributed by atoms with Gasteiger partial charge in [0.15, 0.2) is 0 Å². The van der Waals surface area contributed by atoms with Gasteiger partial charge in [-0.05, 0) is 18.8 Å². The number of amides is 1. The molecule has 1 aliphatic carbocycles. The molecule has 2 aliphatic rings. The summed E-state index contributed by atoms with van der Waals surface area (Å²) < 4.78 is 1.82. The molecular formula is C16H27N5O2. The van der Waals surface area contributed by atoms with Gasteiger partial charge < -0.3 is 10.0 Å². The minimum Gasteiger partial charge on any atom is -0.383 e. The van der Waals surface area contributed by atoms with Crippen LogP contribution in [0.4, 0.5) is 0 Å². The predicted molar refractivity (Wildman–Crippen MR) is 85.6 cm³/mol. The van der Waals surface area contributed by atoms with E-state index in [9.17, 15) is 9.90 Å². The van der Waals surface area contributed by atoms with Gasteiger partial charge in [0.1, 0.15) is 18.8 Å². The molecule has 1 saturated carbocycles. The molecule has 1 aliphatic heterocycles. The molecule has 2 fully saturated rings. The van der Waals surface area contributed by atoms with Crippen molar-refractivity contribution in [2.45, 2.75) is 44.8 Å². The van der Waals surface area contributed by atoms with Crippen molar-refractivity contribution in [1.29, 1.82) is 0 Å². The van der Waals surface area contributed by atoms with Crippen LogP contribution in [0.3, 0.4) is 0 Å². The molecule has 0 bridgehead atoms. The maximum atomic E-state index is 12.5. The van der Waals surface area contributed by atoms with E-state index >= 15 is 0 Å². The first kappa shape index (κ1) is 16.4. The highest BCUT2D eigenvalue weighted by Crippen LogP contribution is 2.27. The van der Waals surface area contributed by atoms with E-state index in [1.54, 1.807) is 12.7 Å². The third-order valence-corrected chi connectivity index (χ3v) is 5.15. The molecule has 1 atom stereocenters. The maximum absolute atomic E-state index is 12.5. The Balaban J connectivity index is 1.41. The first-order chi connectivity index (χ1) is 11.2. The molecule has 1 saturated heterocycles. The Morgan fingerprint density at radius 1 is 1.13 bits per heavy atom. The van der Waals surface area contributed by atoms with Crippen LogP contribution in [0.5, 0.6) is 0 Å². The summed E-state index contributed by atoms with van der Waals surface area (Å²) in [6.07, 6.45) is 7.98. The zero-order valence-corrected chi connectivity index (χ0v) is 13.7. The molecule has 1 aromatic rings. The minimum absolute atomic E-state index is 0.0622. The maximum Gasteiger partial charge on any atom is 0.251 e. The van der Waals surface area contributed by atoms with Gasteiger partial charge in [-0.2, -0.15) is 5.10 Å². The average molecular weight is 321 g/mol. The number of aliphatic hydroxyl groups is 1. The largest absolute Gasteiger partial charge is 0.383 e. The third-order valence-electron chi connectivity index (χ3n) is 5.15. The molecular weight excluding hydrogens is 294 g/mol. The molecule has 0 aromatic carbocycles. The summed E-state index contributed by atoms with van der Waals surface area (Å²) in [5.41, 5.74) is 0. The van der Waals surface area contributed by atoms with E-state index in [4.69, 9.17) is 0 Å². The first-order valence-electron chi connectivity index (χ1n) is 8.75. The number of aromatic nitrogens is 3. The fourth-order valence-corrected chi connectivity index (χ4v) is 3.62. The lowest BCUT2D eigenvalue weighted by Gasteiger charge is -2.37. The average Bonchev–Trinajstić information content (AvgIpc) is 3.13. The topological polar surface area (TPSA) is 74.5 Å². The van der Waals surface area contributed by atoms with E-state index in [-0.39, 0.29) is 11.8 Å². The summed E-state index contributed by atoms with van der Waals surface area (Å²) in [6.45, 7) is 4.87. The highest BCUT2D eigenvalue weighted by molar-refractivity contribution is 5.81. The summed E-state index contributed by atoms with van der Waals surface area (Å²) >= 11 is 0. The second kappa shape index (κ2) is 7.88. The predicted octanol–water partition coefficient (Wildman–Crippen LogP) is 0.364. The zero-order chi connectivity index (χ0) is 16.1. The van der Waals surface area contributed by atoms with Gasteiger partial charge in [-0.3, -0.25) is 14.4 Å². The summed E-state index contributed by atoms with van der Waals surface area (Å²) in [7, 11) is 0. The van der Waals surface area contributed by atoms with Gasteiger partial charge in [-0.1, -0.05) is 19.3 Å². The standard InChI is InChI=1S/C16H27N5O2/c22-15(14-4-2-1-3-5-14)16(23)20-9-6-19(7-10-20)8-11-21-13-17-12-18-21/h12-15,22H,1-11H2/t15-/m1/s1. The Kier molecular flexibility index (Phi) is 5.61. The fraction of sp³-hybridized carbons (Fsp3) is 0.812. The van der Waals surface area contributed by atoms with Gasteiger partial charge in [-0.25, -0.2) is 4.98 Å². The van der Waals surface area contributed by atoms with Crippen LogP contribution in [0.1, 0.15) is 32.1 Å². The van der Waals surface area contributed by atoms with Gasteiger partial charge in [0.05, 0.1) is 6.54 Å². The first-order valence-corrected chi connectivity index (χ1v) is 8.75. The molecule has 0 unspecified atom stereocenters. The molecule has 3 rings (SSSR count). The van der Waals surface area contributed by atoms with Crippen molar-refractivity contribution in [3.63, 3.8) is 0 Å². The Morgan fingerprint density at radius 3 is 2.52 bits per heavy atom. The van der Waals surface area contributed by atoms with Gasteiger partial charge in [0, 0.05) is 32.7 Å². The van der Waals surface area contributed by atoms with E-state index in [2.05, 4.69) is 15.0 Å². The SMILES string of the molecule is O=C([C@H](O)C1CCCCC1)N1CCN(CCn2cncn2)CC1. The van der Waals surface area contributed by atoms with Crippen LogP contribution in [0.25, 0.3) is 0 Å².